The summed E-state index contributed by atoms with van der Waals surface area (Å²) < 4.78 is 0. The summed E-state index contributed by atoms with van der Waals surface area (Å²) in [7, 11) is 0. The van der Waals surface area contributed by atoms with Gasteiger partial charge in [-0.25, -0.2) is 0 Å². The van der Waals surface area contributed by atoms with Crippen LogP contribution in [0.4, 0.5) is 0 Å². The van der Waals surface area contributed by atoms with Gasteiger partial charge in [0.15, 0.2) is 5.78 Å². The Morgan fingerprint density at radius 1 is 0.259 bits per heavy atom. The Morgan fingerprint density at radius 2 is 0.741 bits per heavy atom. The molecule has 0 amide bonds. The van der Waals surface area contributed by atoms with Gasteiger partial charge in [0.25, 0.3) is 0 Å². The van der Waals surface area contributed by atoms with E-state index in [9.17, 15) is 4.79 Å². The number of ketones is 1. The average molecular weight is 687 g/mol. The van der Waals surface area contributed by atoms with Crippen molar-refractivity contribution in [3.05, 3.63) is 217 Å². The lowest BCUT2D eigenvalue weighted by Crippen LogP contribution is -2.00. The fourth-order valence-electron chi connectivity index (χ4n) is 8.01. The van der Waals surface area contributed by atoms with Crippen LogP contribution in [0.1, 0.15) is 15.9 Å². The van der Waals surface area contributed by atoms with Gasteiger partial charge in [0, 0.05) is 11.1 Å². The maximum Gasteiger partial charge on any atom is 0.193 e. The van der Waals surface area contributed by atoms with E-state index in [0.29, 0.717) is 11.1 Å². The fourth-order valence-corrected chi connectivity index (χ4v) is 8.01. The van der Waals surface area contributed by atoms with E-state index in [1.54, 1.807) is 0 Å². The Morgan fingerprint density at radius 3 is 1.46 bits per heavy atom. The van der Waals surface area contributed by atoms with Crippen LogP contribution in [-0.2, 0) is 0 Å². The Kier molecular flexibility index (Phi) is 7.70. The molecule has 0 radical (unpaired) electrons. The quantitative estimate of drug-likeness (QED) is 0.126. The number of benzene rings is 10. The smallest absolute Gasteiger partial charge is 0.193 e. The minimum atomic E-state index is 0.0334. The average Bonchev–Trinajstić information content (AvgIpc) is 3.25. The molecule has 10 aromatic carbocycles. The molecule has 1 nitrogen and oxygen atoms in total. The molecule has 0 heterocycles. The Balaban J connectivity index is 1.15. The van der Waals surface area contributed by atoms with Crippen LogP contribution in [0.3, 0.4) is 0 Å². The van der Waals surface area contributed by atoms with E-state index in [1.165, 1.54) is 76.5 Å². The zero-order chi connectivity index (χ0) is 36.0. The minimum Gasteiger partial charge on any atom is -0.289 e. The van der Waals surface area contributed by atoms with Crippen LogP contribution >= 0.6 is 0 Å². The van der Waals surface area contributed by atoms with Crippen LogP contribution in [0.5, 0.6) is 0 Å². The Labute approximate surface area is 314 Å². The van der Waals surface area contributed by atoms with Gasteiger partial charge in [0.05, 0.1) is 0 Å². The molecule has 0 unspecified atom stereocenters. The molecule has 0 saturated carbocycles. The predicted octanol–water partition coefficient (Wildman–Crippen LogP) is 14.2. The van der Waals surface area contributed by atoms with Gasteiger partial charge >= 0.3 is 0 Å². The molecular weight excluding hydrogens is 653 g/mol. The predicted molar refractivity (Wildman–Crippen MR) is 228 cm³/mol. The summed E-state index contributed by atoms with van der Waals surface area (Å²) in [6.07, 6.45) is 0. The Bertz CT molecular complexity index is 3030. The first-order valence-corrected chi connectivity index (χ1v) is 18.4. The van der Waals surface area contributed by atoms with Gasteiger partial charge in [0.1, 0.15) is 0 Å². The lowest BCUT2D eigenvalue weighted by molar-refractivity contribution is 0.103. The molecule has 0 fully saturated rings. The van der Waals surface area contributed by atoms with E-state index in [4.69, 9.17) is 0 Å². The lowest BCUT2D eigenvalue weighted by Gasteiger charge is -2.17. The van der Waals surface area contributed by atoms with Gasteiger partial charge in [-0.3, -0.25) is 4.79 Å². The molecule has 252 valence electrons. The molecule has 54 heavy (non-hydrogen) atoms. The lowest BCUT2D eigenvalue weighted by atomic mass is 9.87. The van der Waals surface area contributed by atoms with Crippen molar-refractivity contribution in [2.45, 2.75) is 0 Å². The first-order chi connectivity index (χ1) is 26.7. The SMILES string of the molecule is O=C(c1ccccc1)c1ccc(-c2ccc3c(c2)cc(-c2ccc4ccccc4c2)c2cc(-c4cc5ccccc5cc4-c4ccccc4)ccc23)cc1. The molecule has 0 aromatic heterocycles. The zero-order valence-corrected chi connectivity index (χ0v) is 29.5. The highest BCUT2D eigenvalue weighted by molar-refractivity contribution is 6.16. The molecule has 0 aliphatic rings. The number of rotatable bonds is 6. The third-order valence-electron chi connectivity index (χ3n) is 10.8. The summed E-state index contributed by atoms with van der Waals surface area (Å²) in [4.78, 5) is 13.1. The van der Waals surface area contributed by atoms with Gasteiger partial charge < -0.3 is 0 Å². The molecule has 10 aromatic rings. The van der Waals surface area contributed by atoms with Crippen molar-refractivity contribution < 1.29 is 4.79 Å². The van der Waals surface area contributed by atoms with Gasteiger partial charge in [-0.2, -0.15) is 0 Å². The standard InChI is InChI=1S/C53H34O/c54-53(38-14-5-2-6-15-38)39-22-19-36(20-23-39)43-25-27-47-46(30-43)34-51(44-24-21-35-11-7-8-16-40(35)29-44)52-33-45(26-28-48(47)52)50-32-42-18-10-9-17-41(42)31-49(50)37-12-3-1-4-13-37/h1-34H. The van der Waals surface area contributed by atoms with Crippen molar-refractivity contribution >= 4 is 48.9 Å². The minimum absolute atomic E-state index is 0.0334. The van der Waals surface area contributed by atoms with E-state index in [1.807, 2.05) is 42.5 Å². The summed E-state index contributed by atoms with van der Waals surface area (Å²) in [5.41, 5.74) is 10.8. The monoisotopic (exact) mass is 686 g/mol. The van der Waals surface area contributed by atoms with Crippen molar-refractivity contribution in [3.63, 3.8) is 0 Å². The molecular formula is C53H34O. The first-order valence-electron chi connectivity index (χ1n) is 18.4. The van der Waals surface area contributed by atoms with Crippen LogP contribution in [0.15, 0.2) is 206 Å². The fraction of sp³-hybridized carbons (Fsp3) is 0. The summed E-state index contributed by atoms with van der Waals surface area (Å²) in [6.45, 7) is 0. The molecule has 10 rings (SSSR count). The van der Waals surface area contributed by atoms with E-state index >= 15 is 0 Å². The second kappa shape index (κ2) is 13.2. The molecule has 0 atom stereocenters. The highest BCUT2D eigenvalue weighted by atomic mass is 16.1. The number of hydrogen-bond acceptors (Lipinski definition) is 1. The molecule has 0 aliphatic heterocycles. The maximum absolute atomic E-state index is 13.1. The highest BCUT2D eigenvalue weighted by Crippen LogP contribution is 2.42. The second-order valence-electron chi connectivity index (χ2n) is 14.1. The maximum atomic E-state index is 13.1. The topological polar surface area (TPSA) is 17.1 Å². The van der Waals surface area contributed by atoms with Crippen molar-refractivity contribution in [1.29, 1.82) is 0 Å². The van der Waals surface area contributed by atoms with Gasteiger partial charge in [-0.05, 0) is 124 Å². The number of hydrogen-bond donors (Lipinski definition) is 0. The van der Waals surface area contributed by atoms with E-state index in [-0.39, 0.29) is 5.78 Å². The molecule has 0 aliphatic carbocycles. The van der Waals surface area contributed by atoms with Gasteiger partial charge in [-0.1, -0.05) is 170 Å². The van der Waals surface area contributed by atoms with Crippen LogP contribution in [-0.4, -0.2) is 5.78 Å². The normalized spacial score (nSPS) is 11.4. The summed E-state index contributed by atoms with van der Waals surface area (Å²) in [5.74, 6) is 0.0334. The number of carbonyl (C=O) groups is 1. The first kappa shape index (κ1) is 31.6. The van der Waals surface area contributed by atoms with Crippen molar-refractivity contribution in [3.8, 4) is 44.5 Å². The molecule has 0 N–H and O–H groups in total. The Hall–Kier alpha value is -7.09. The summed E-state index contributed by atoms with van der Waals surface area (Å²) in [5, 5.41) is 9.74. The van der Waals surface area contributed by atoms with Crippen molar-refractivity contribution in [1.82, 2.24) is 0 Å². The number of fused-ring (bicyclic) bond motifs is 5. The second-order valence-corrected chi connectivity index (χ2v) is 14.1. The third-order valence-corrected chi connectivity index (χ3v) is 10.8. The molecule has 0 spiro atoms. The van der Waals surface area contributed by atoms with Crippen molar-refractivity contribution in [2.24, 2.45) is 0 Å². The van der Waals surface area contributed by atoms with Gasteiger partial charge in [-0.15, -0.1) is 0 Å². The van der Waals surface area contributed by atoms with Crippen LogP contribution < -0.4 is 0 Å². The zero-order valence-electron chi connectivity index (χ0n) is 29.5. The largest absolute Gasteiger partial charge is 0.289 e. The molecule has 0 saturated heterocycles. The highest BCUT2D eigenvalue weighted by Gasteiger charge is 2.16. The third kappa shape index (κ3) is 5.64. The van der Waals surface area contributed by atoms with E-state index < -0.39 is 0 Å². The molecule has 0 bridgehead atoms. The van der Waals surface area contributed by atoms with Gasteiger partial charge in [0.2, 0.25) is 0 Å². The van der Waals surface area contributed by atoms with Crippen LogP contribution in [0, 0.1) is 0 Å². The number of carbonyl (C=O) groups excluding carboxylic acids is 1. The van der Waals surface area contributed by atoms with Crippen LogP contribution in [0.25, 0.3) is 87.6 Å². The summed E-state index contributed by atoms with van der Waals surface area (Å²) in [6, 6.07) is 73.0. The molecule has 1 heteroatoms. The van der Waals surface area contributed by atoms with Crippen LogP contribution in [0.2, 0.25) is 0 Å². The van der Waals surface area contributed by atoms with E-state index in [2.05, 4.69) is 164 Å². The summed E-state index contributed by atoms with van der Waals surface area (Å²) >= 11 is 0. The van der Waals surface area contributed by atoms with E-state index in [0.717, 1.165) is 11.1 Å². The van der Waals surface area contributed by atoms with Crippen molar-refractivity contribution in [2.75, 3.05) is 0 Å².